The average Bonchev–Trinajstić information content (AvgIpc) is 3.77. The van der Waals surface area contributed by atoms with Gasteiger partial charge in [-0.2, -0.15) is 0 Å². The molecule has 2 unspecified atom stereocenters. The van der Waals surface area contributed by atoms with E-state index in [0.29, 0.717) is 0 Å². The van der Waals surface area contributed by atoms with E-state index in [9.17, 15) is 0 Å². The molecule has 3 aliphatic heterocycles. The lowest BCUT2D eigenvalue weighted by molar-refractivity contribution is 0.195. The Hall–Kier alpha value is -7.63. The summed E-state index contributed by atoms with van der Waals surface area (Å²) in [6.07, 6.45) is 8.55. The topological polar surface area (TPSA) is 22.6 Å². The molecule has 0 bridgehead atoms. The molecule has 0 amide bonds. The van der Waals surface area contributed by atoms with Crippen LogP contribution >= 0.6 is 0 Å². The Bertz CT molecular complexity index is 3790. The van der Waals surface area contributed by atoms with Crippen LogP contribution in [0.4, 0.5) is 45.5 Å². The molecule has 13 rings (SSSR count). The summed E-state index contributed by atoms with van der Waals surface area (Å²) in [6.45, 7) is 26.2. The predicted octanol–water partition coefficient (Wildman–Crippen LogP) is 17.8. The van der Waals surface area contributed by atoms with Gasteiger partial charge in [0.2, 0.25) is 0 Å². The minimum absolute atomic E-state index is 0.00618. The number of aromatic nitrogens is 1. The quantitative estimate of drug-likeness (QED) is 0.155. The number of anilines is 8. The van der Waals surface area contributed by atoms with Gasteiger partial charge < -0.3 is 14.7 Å². The summed E-state index contributed by atoms with van der Waals surface area (Å²) < 4.78 is 0. The molecule has 388 valence electrons. The van der Waals surface area contributed by atoms with Gasteiger partial charge in [-0.05, 0) is 181 Å². The lowest BCUT2D eigenvalue weighted by Gasteiger charge is -2.50. The largest absolute Gasteiger partial charge is 0.334 e. The molecule has 78 heavy (non-hydrogen) atoms. The van der Waals surface area contributed by atoms with E-state index in [0.717, 1.165) is 12.8 Å². The summed E-state index contributed by atoms with van der Waals surface area (Å²) >= 11 is 0. The van der Waals surface area contributed by atoms with Crippen molar-refractivity contribution in [2.75, 3.05) is 14.7 Å². The van der Waals surface area contributed by atoms with Crippen LogP contribution in [-0.4, -0.2) is 17.2 Å². The Kier molecular flexibility index (Phi) is 11.5. The number of pyridine rings is 1. The number of hydrogen-bond donors (Lipinski definition) is 0. The van der Waals surface area contributed by atoms with Crippen LogP contribution in [0, 0.1) is 0 Å². The van der Waals surface area contributed by atoms with Crippen molar-refractivity contribution in [1.82, 2.24) is 4.98 Å². The second kappa shape index (κ2) is 18.0. The van der Waals surface area contributed by atoms with Crippen molar-refractivity contribution in [2.24, 2.45) is 0 Å². The number of rotatable bonds is 6. The molecule has 8 aromatic carbocycles. The number of hydrogen-bond acceptors (Lipinski definition) is 4. The van der Waals surface area contributed by atoms with Crippen molar-refractivity contribution in [2.45, 2.75) is 129 Å². The van der Waals surface area contributed by atoms with Crippen LogP contribution in [0.25, 0.3) is 33.4 Å². The van der Waals surface area contributed by atoms with Gasteiger partial charge in [0.1, 0.15) is 0 Å². The minimum Gasteiger partial charge on any atom is -0.334 e. The van der Waals surface area contributed by atoms with Crippen LogP contribution in [0.5, 0.6) is 0 Å². The molecule has 0 saturated heterocycles. The van der Waals surface area contributed by atoms with Crippen molar-refractivity contribution in [3.63, 3.8) is 0 Å². The minimum atomic E-state index is -0.171. The Morgan fingerprint density at radius 1 is 0.410 bits per heavy atom. The van der Waals surface area contributed by atoms with E-state index in [-0.39, 0.29) is 33.9 Å². The summed E-state index contributed by atoms with van der Waals surface area (Å²) in [5.41, 5.74) is 26.1. The first-order valence-electron chi connectivity index (χ1n) is 28.6. The molecule has 2 atom stereocenters. The molecule has 0 N–H and O–H groups in total. The van der Waals surface area contributed by atoms with Crippen molar-refractivity contribution in [3.8, 4) is 33.4 Å². The first kappa shape index (κ1) is 49.9. The zero-order chi connectivity index (χ0) is 54.1. The van der Waals surface area contributed by atoms with E-state index in [4.69, 9.17) is 0 Å². The summed E-state index contributed by atoms with van der Waals surface area (Å²) in [7, 11) is 0. The normalized spacial score (nSPS) is 18.5. The molecule has 4 nitrogen and oxygen atoms in total. The highest BCUT2D eigenvalue weighted by Gasteiger charge is 2.58. The van der Waals surface area contributed by atoms with E-state index in [1.54, 1.807) is 0 Å². The standard InChI is InChI=1S/C73H73BN4/c1-69(2,3)53-26-29-56(30-27-53)76-65-47-57(78-63-34-25-51(49-36-40-75-41-37-49)42-59(63)72(10)38-18-19-39-73(72,78)11)31-33-61(65)74-60-32-24-52(48-20-14-12-15-21-48)43-64(60)77(67-46-55(71(7,8)9)45-66(76)68(67)74)62-35-28-54(70(4,5)6)44-58(62)50-22-16-13-17-23-50/h12-17,20-37,40-47H,18-19,38-39H2,1-11H3. The number of benzene rings is 8. The SMILES string of the molecule is CC(C)(C)c1ccc(N2c3cc(N4c5ccc(-c6ccncc6)cc5C5(C)CCCCC45C)ccc3B3c4ccc(-c5ccccc5)cc4N(c4ccc(C(C)(C)C)cc4-c4ccccc4)c4cc(C(C)(C)C)cc2c43)cc1. The highest BCUT2D eigenvalue weighted by atomic mass is 15.3. The smallest absolute Gasteiger partial charge is 0.252 e. The lowest BCUT2D eigenvalue weighted by atomic mass is 9.33. The van der Waals surface area contributed by atoms with Crippen LogP contribution in [0.2, 0.25) is 0 Å². The first-order valence-corrected chi connectivity index (χ1v) is 28.6. The van der Waals surface area contributed by atoms with Gasteiger partial charge in [-0.3, -0.25) is 4.98 Å². The Morgan fingerprint density at radius 2 is 0.949 bits per heavy atom. The van der Waals surface area contributed by atoms with Crippen LogP contribution < -0.4 is 31.1 Å². The molecule has 1 aliphatic carbocycles. The van der Waals surface area contributed by atoms with Gasteiger partial charge in [0.15, 0.2) is 0 Å². The van der Waals surface area contributed by atoms with Crippen LogP contribution in [0.15, 0.2) is 194 Å². The van der Waals surface area contributed by atoms with Crippen molar-refractivity contribution in [3.05, 3.63) is 217 Å². The second-order valence-corrected chi connectivity index (χ2v) is 26.4. The van der Waals surface area contributed by atoms with Crippen molar-refractivity contribution >= 4 is 68.6 Å². The fraction of sp³-hybridized carbons (Fsp3) is 0.274. The Labute approximate surface area is 464 Å². The molecule has 4 heterocycles. The molecular weight excluding hydrogens is 944 g/mol. The first-order chi connectivity index (χ1) is 37.3. The fourth-order valence-electron chi connectivity index (χ4n) is 13.9. The van der Waals surface area contributed by atoms with Gasteiger partial charge in [-0.25, -0.2) is 0 Å². The Balaban J connectivity index is 1.10. The lowest BCUT2D eigenvalue weighted by Crippen LogP contribution is -2.61. The van der Waals surface area contributed by atoms with E-state index in [2.05, 4.69) is 278 Å². The predicted molar refractivity (Wildman–Crippen MR) is 333 cm³/mol. The number of nitrogens with zero attached hydrogens (tertiary/aromatic N) is 4. The van der Waals surface area contributed by atoms with Gasteiger partial charge in [-0.15, -0.1) is 0 Å². The van der Waals surface area contributed by atoms with E-state index in [1.165, 1.54) is 130 Å². The molecular formula is C73H73BN4. The average molecular weight is 1020 g/mol. The highest BCUT2D eigenvalue weighted by molar-refractivity contribution is 7.00. The summed E-state index contributed by atoms with van der Waals surface area (Å²) in [5, 5.41) is 0. The maximum absolute atomic E-state index is 4.37. The second-order valence-electron chi connectivity index (χ2n) is 26.4. The van der Waals surface area contributed by atoms with Crippen LogP contribution in [-0.2, 0) is 21.7 Å². The maximum atomic E-state index is 4.37. The molecule has 1 aromatic heterocycles. The molecule has 0 radical (unpaired) electrons. The summed E-state index contributed by atoms with van der Waals surface area (Å²) in [6, 6.07) is 70.3. The van der Waals surface area contributed by atoms with Gasteiger partial charge in [0, 0.05) is 63.2 Å². The van der Waals surface area contributed by atoms with Gasteiger partial charge in [0.25, 0.3) is 6.71 Å². The fourth-order valence-corrected chi connectivity index (χ4v) is 13.9. The third-order valence-electron chi connectivity index (χ3n) is 18.6. The van der Waals surface area contributed by atoms with Gasteiger partial charge >= 0.3 is 0 Å². The van der Waals surface area contributed by atoms with Crippen molar-refractivity contribution in [1.29, 1.82) is 0 Å². The molecule has 9 aromatic rings. The molecule has 4 aliphatic rings. The number of fused-ring (bicyclic) bond motifs is 7. The van der Waals surface area contributed by atoms with Crippen molar-refractivity contribution < 1.29 is 0 Å². The highest BCUT2D eigenvalue weighted by Crippen LogP contribution is 2.62. The van der Waals surface area contributed by atoms with Gasteiger partial charge in [-0.1, -0.05) is 185 Å². The molecule has 1 saturated carbocycles. The van der Waals surface area contributed by atoms with Crippen LogP contribution in [0.3, 0.4) is 0 Å². The molecule has 0 spiro atoms. The third kappa shape index (κ3) is 7.89. The monoisotopic (exact) mass is 1020 g/mol. The maximum Gasteiger partial charge on any atom is 0.252 e. The summed E-state index contributed by atoms with van der Waals surface area (Å²) in [5.74, 6) is 0. The van der Waals surface area contributed by atoms with Gasteiger partial charge in [0.05, 0.1) is 11.2 Å². The van der Waals surface area contributed by atoms with E-state index < -0.39 is 0 Å². The zero-order valence-electron chi connectivity index (χ0n) is 47.7. The van der Waals surface area contributed by atoms with E-state index >= 15 is 0 Å². The molecule has 1 fully saturated rings. The van der Waals surface area contributed by atoms with E-state index in [1.807, 2.05) is 12.4 Å². The van der Waals surface area contributed by atoms with Crippen LogP contribution in [0.1, 0.15) is 124 Å². The molecule has 5 heteroatoms. The summed E-state index contributed by atoms with van der Waals surface area (Å²) in [4.78, 5) is 12.4. The third-order valence-corrected chi connectivity index (χ3v) is 18.6. The zero-order valence-corrected chi connectivity index (χ0v) is 47.7. The Morgan fingerprint density at radius 3 is 1.62 bits per heavy atom.